The number of ether oxygens (including phenoxy) is 1. The van der Waals surface area contributed by atoms with Crippen LogP contribution in [0.25, 0.3) is 11.1 Å². The molecule has 10 heteroatoms. The molecule has 0 aliphatic heterocycles. The minimum absolute atomic E-state index is 0.0186. The predicted octanol–water partition coefficient (Wildman–Crippen LogP) is 4.07. The zero-order valence-electron chi connectivity index (χ0n) is 16.2. The molecular weight excluding hydrogens is 403 g/mol. The second kappa shape index (κ2) is 8.70. The molecule has 0 atom stereocenters. The average molecular weight is 423 g/mol. The van der Waals surface area contributed by atoms with Crippen molar-refractivity contribution in [2.45, 2.75) is 39.2 Å². The highest BCUT2D eigenvalue weighted by molar-refractivity contribution is 5.96. The van der Waals surface area contributed by atoms with E-state index in [9.17, 15) is 22.8 Å². The van der Waals surface area contributed by atoms with Gasteiger partial charge in [0.15, 0.2) is 0 Å². The summed E-state index contributed by atoms with van der Waals surface area (Å²) in [6.07, 6.45) is -3.46. The summed E-state index contributed by atoms with van der Waals surface area (Å²) >= 11 is 0. The van der Waals surface area contributed by atoms with Crippen LogP contribution in [0.1, 0.15) is 37.2 Å². The zero-order chi connectivity index (χ0) is 21.9. The summed E-state index contributed by atoms with van der Waals surface area (Å²) in [5, 5.41) is 2.67. The van der Waals surface area contributed by atoms with Crippen LogP contribution in [-0.2, 0) is 9.63 Å². The summed E-state index contributed by atoms with van der Waals surface area (Å²) in [6.45, 7) is 3.46. The number of carbonyl (C=O) groups is 2. The fourth-order valence-electron chi connectivity index (χ4n) is 2.52. The molecule has 1 saturated carbocycles. The van der Waals surface area contributed by atoms with E-state index in [0.717, 1.165) is 25.0 Å². The lowest BCUT2D eigenvalue weighted by Gasteiger charge is -2.12. The zero-order valence-corrected chi connectivity index (χ0v) is 16.2. The number of nitrogens with zero attached hydrogens (tertiary/aromatic N) is 1. The van der Waals surface area contributed by atoms with Gasteiger partial charge in [-0.1, -0.05) is 12.1 Å². The van der Waals surface area contributed by atoms with Crippen molar-refractivity contribution in [3.05, 3.63) is 42.1 Å². The Morgan fingerprint density at radius 3 is 2.33 bits per heavy atom. The number of carbonyl (C=O) groups excluding carboxylic acids is 2. The van der Waals surface area contributed by atoms with E-state index in [1.54, 1.807) is 19.9 Å². The van der Waals surface area contributed by atoms with Crippen molar-refractivity contribution >= 4 is 17.6 Å². The number of anilines is 1. The van der Waals surface area contributed by atoms with E-state index in [-0.39, 0.29) is 35.2 Å². The lowest BCUT2D eigenvalue weighted by Crippen LogP contribution is -2.28. The number of hydrogen-bond donors (Lipinski definition) is 2. The summed E-state index contributed by atoms with van der Waals surface area (Å²) in [7, 11) is 0. The Labute approximate surface area is 170 Å². The van der Waals surface area contributed by atoms with Crippen LogP contribution in [0.5, 0.6) is 5.75 Å². The van der Waals surface area contributed by atoms with Gasteiger partial charge in [0.05, 0.1) is 6.10 Å². The van der Waals surface area contributed by atoms with Gasteiger partial charge < -0.3 is 10.1 Å². The molecule has 1 aliphatic rings. The molecule has 1 heterocycles. The van der Waals surface area contributed by atoms with E-state index in [2.05, 4.69) is 20.5 Å². The van der Waals surface area contributed by atoms with Gasteiger partial charge in [-0.3, -0.25) is 14.4 Å². The van der Waals surface area contributed by atoms with Gasteiger partial charge in [0.2, 0.25) is 5.91 Å². The highest BCUT2D eigenvalue weighted by atomic mass is 19.4. The molecule has 2 N–H and O–H groups in total. The first-order valence-electron chi connectivity index (χ1n) is 9.26. The third-order valence-corrected chi connectivity index (χ3v) is 4.07. The van der Waals surface area contributed by atoms with Gasteiger partial charge in [0, 0.05) is 5.92 Å². The van der Waals surface area contributed by atoms with Crippen LogP contribution in [0, 0.1) is 5.92 Å². The number of pyridine rings is 1. The molecule has 0 spiro atoms. The van der Waals surface area contributed by atoms with Gasteiger partial charge in [0.25, 0.3) is 5.91 Å². The SMILES string of the molecule is CC(C)ONC(=O)c1cc(-c2ccc(OC(F)(F)F)cc2)cc(NC(=O)C2CC2)n1. The molecule has 2 amide bonds. The first-order chi connectivity index (χ1) is 14.1. The number of alkyl halides is 3. The minimum atomic E-state index is -4.79. The maximum Gasteiger partial charge on any atom is 0.573 e. The fraction of sp³-hybridized carbons (Fsp3) is 0.350. The topological polar surface area (TPSA) is 89.5 Å². The molecule has 7 nitrogen and oxygen atoms in total. The van der Waals surface area contributed by atoms with Crippen LogP contribution in [0.2, 0.25) is 0 Å². The summed E-state index contributed by atoms with van der Waals surface area (Å²) in [6, 6.07) is 8.14. The molecular formula is C20H20F3N3O4. The Bertz CT molecular complexity index is 926. The average Bonchev–Trinajstić information content (AvgIpc) is 3.50. The van der Waals surface area contributed by atoms with Crippen molar-refractivity contribution in [2.24, 2.45) is 5.92 Å². The molecule has 0 unspecified atom stereocenters. The number of aromatic nitrogens is 1. The van der Waals surface area contributed by atoms with Gasteiger partial charge >= 0.3 is 6.36 Å². The van der Waals surface area contributed by atoms with Crippen LogP contribution in [0.15, 0.2) is 36.4 Å². The monoisotopic (exact) mass is 423 g/mol. The molecule has 1 aromatic carbocycles. The number of benzene rings is 1. The summed E-state index contributed by atoms with van der Waals surface area (Å²) in [4.78, 5) is 33.7. The Morgan fingerprint density at radius 2 is 1.77 bits per heavy atom. The van der Waals surface area contributed by atoms with E-state index >= 15 is 0 Å². The maximum atomic E-state index is 12.4. The van der Waals surface area contributed by atoms with Gasteiger partial charge in [0.1, 0.15) is 17.3 Å². The molecule has 30 heavy (non-hydrogen) atoms. The molecule has 160 valence electrons. The largest absolute Gasteiger partial charge is 0.573 e. The van der Waals surface area contributed by atoms with E-state index in [1.165, 1.54) is 18.2 Å². The first-order valence-corrected chi connectivity index (χ1v) is 9.26. The van der Waals surface area contributed by atoms with Crippen molar-refractivity contribution in [3.63, 3.8) is 0 Å². The van der Waals surface area contributed by atoms with Crippen molar-refractivity contribution in [2.75, 3.05) is 5.32 Å². The van der Waals surface area contributed by atoms with E-state index in [1.807, 2.05) is 0 Å². The van der Waals surface area contributed by atoms with E-state index < -0.39 is 12.3 Å². The quantitative estimate of drug-likeness (QED) is 0.656. The lowest BCUT2D eigenvalue weighted by atomic mass is 10.1. The van der Waals surface area contributed by atoms with Crippen molar-refractivity contribution < 1.29 is 32.3 Å². The van der Waals surface area contributed by atoms with E-state index in [0.29, 0.717) is 11.1 Å². The normalized spacial score (nSPS) is 13.8. The summed E-state index contributed by atoms with van der Waals surface area (Å²) in [5.74, 6) is -1.10. The highest BCUT2D eigenvalue weighted by Gasteiger charge is 2.31. The number of rotatable bonds is 7. The van der Waals surface area contributed by atoms with Crippen LogP contribution >= 0.6 is 0 Å². The van der Waals surface area contributed by atoms with Crippen LogP contribution in [0.3, 0.4) is 0 Å². The minimum Gasteiger partial charge on any atom is -0.406 e. The van der Waals surface area contributed by atoms with Crippen LogP contribution < -0.4 is 15.5 Å². The van der Waals surface area contributed by atoms with Crippen molar-refractivity contribution in [1.82, 2.24) is 10.5 Å². The summed E-state index contributed by atoms with van der Waals surface area (Å²) < 4.78 is 40.9. The van der Waals surface area contributed by atoms with Crippen molar-refractivity contribution in [1.29, 1.82) is 0 Å². The second-order valence-corrected chi connectivity index (χ2v) is 7.06. The fourth-order valence-corrected chi connectivity index (χ4v) is 2.52. The van der Waals surface area contributed by atoms with Gasteiger partial charge in [-0.25, -0.2) is 10.5 Å². The molecule has 1 aliphatic carbocycles. The third kappa shape index (κ3) is 6.18. The molecule has 0 radical (unpaired) electrons. The Kier molecular flexibility index (Phi) is 6.25. The van der Waals surface area contributed by atoms with Crippen molar-refractivity contribution in [3.8, 4) is 16.9 Å². The molecule has 2 aromatic rings. The number of amides is 2. The van der Waals surface area contributed by atoms with Gasteiger partial charge in [-0.2, -0.15) is 0 Å². The number of hydrogen-bond acceptors (Lipinski definition) is 5. The standard InChI is InChI=1S/C20H20F3N3O4/c1-11(2)30-26-19(28)16-9-14(10-17(24-16)25-18(27)13-3-4-13)12-5-7-15(8-6-12)29-20(21,22)23/h5-11,13H,3-4H2,1-2H3,(H,26,28)(H,24,25,27). The van der Waals surface area contributed by atoms with Crippen LogP contribution in [-0.4, -0.2) is 29.3 Å². The predicted molar refractivity (Wildman–Crippen MR) is 101 cm³/mol. The van der Waals surface area contributed by atoms with Crippen LogP contribution in [0.4, 0.5) is 19.0 Å². The molecule has 3 rings (SSSR count). The Balaban J connectivity index is 1.88. The number of nitrogens with one attached hydrogen (secondary N) is 2. The molecule has 0 bridgehead atoms. The number of hydroxylamine groups is 1. The second-order valence-electron chi connectivity index (χ2n) is 7.06. The third-order valence-electron chi connectivity index (χ3n) is 4.07. The first kappa shape index (κ1) is 21.6. The molecule has 0 saturated heterocycles. The maximum absolute atomic E-state index is 12.4. The smallest absolute Gasteiger partial charge is 0.406 e. The Hall–Kier alpha value is -3.14. The molecule has 1 fully saturated rings. The summed E-state index contributed by atoms with van der Waals surface area (Å²) in [5.41, 5.74) is 3.23. The van der Waals surface area contributed by atoms with E-state index in [4.69, 9.17) is 4.84 Å². The lowest BCUT2D eigenvalue weighted by molar-refractivity contribution is -0.274. The van der Waals surface area contributed by atoms with Gasteiger partial charge in [-0.05, 0) is 62.1 Å². The Morgan fingerprint density at radius 1 is 1.10 bits per heavy atom. The number of halogens is 3. The highest BCUT2D eigenvalue weighted by Crippen LogP contribution is 2.31. The van der Waals surface area contributed by atoms with Gasteiger partial charge in [-0.15, -0.1) is 13.2 Å². The molecule has 1 aromatic heterocycles.